The Kier molecular flexibility index (Phi) is 5.23. The van der Waals surface area contributed by atoms with E-state index in [0.717, 1.165) is 19.0 Å². The molecule has 2 fully saturated rings. The minimum atomic E-state index is 0.108. The molecule has 1 amide bonds. The van der Waals surface area contributed by atoms with Gasteiger partial charge in [-0.3, -0.25) is 4.79 Å². The first kappa shape index (κ1) is 14.3. The summed E-state index contributed by atoms with van der Waals surface area (Å²) in [6.45, 7) is 11.7. The number of amides is 1. The molecule has 1 spiro atoms. The molecular formula is C15H27NO. The second-order valence-corrected chi connectivity index (χ2v) is 5.21. The van der Waals surface area contributed by atoms with Crippen LogP contribution in [0.15, 0.2) is 12.7 Å². The van der Waals surface area contributed by atoms with Gasteiger partial charge >= 0.3 is 0 Å². The number of rotatable bonds is 2. The van der Waals surface area contributed by atoms with Gasteiger partial charge in [-0.2, -0.15) is 0 Å². The SMILES string of the molecule is C=CC(=O)N1CCC2(CC1)CC(CC)C2.CC. The third-order valence-corrected chi connectivity index (χ3v) is 4.33. The highest BCUT2D eigenvalue weighted by Gasteiger charge is 2.45. The highest BCUT2D eigenvalue weighted by atomic mass is 16.2. The number of carbonyl (C=O) groups is 1. The Morgan fingerprint density at radius 1 is 1.35 bits per heavy atom. The molecule has 98 valence electrons. The second-order valence-electron chi connectivity index (χ2n) is 5.21. The summed E-state index contributed by atoms with van der Waals surface area (Å²) in [5, 5.41) is 0. The average Bonchev–Trinajstić information content (AvgIpc) is 2.37. The minimum Gasteiger partial charge on any atom is -0.339 e. The maximum absolute atomic E-state index is 11.4. The Bertz CT molecular complexity index is 256. The molecule has 2 aliphatic rings. The van der Waals surface area contributed by atoms with Crippen molar-refractivity contribution in [1.29, 1.82) is 0 Å². The maximum Gasteiger partial charge on any atom is 0.245 e. The van der Waals surface area contributed by atoms with Crippen LogP contribution in [-0.4, -0.2) is 23.9 Å². The quantitative estimate of drug-likeness (QED) is 0.672. The summed E-state index contributed by atoms with van der Waals surface area (Å²) in [5.41, 5.74) is 0.610. The van der Waals surface area contributed by atoms with Crippen molar-refractivity contribution in [1.82, 2.24) is 4.90 Å². The van der Waals surface area contributed by atoms with Crippen molar-refractivity contribution in [2.24, 2.45) is 11.3 Å². The maximum atomic E-state index is 11.4. The van der Waals surface area contributed by atoms with Gasteiger partial charge in [-0.25, -0.2) is 0 Å². The molecule has 0 aromatic rings. The Labute approximate surface area is 106 Å². The lowest BCUT2D eigenvalue weighted by molar-refractivity contribution is -0.130. The largest absolute Gasteiger partial charge is 0.339 e. The number of hydrogen-bond acceptors (Lipinski definition) is 1. The molecule has 1 saturated carbocycles. The normalized spacial score (nSPS) is 22.4. The Hall–Kier alpha value is -0.790. The summed E-state index contributed by atoms with van der Waals surface area (Å²) in [4.78, 5) is 13.4. The van der Waals surface area contributed by atoms with E-state index in [1.807, 2.05) is 18.7 Å². The lowest BCUT2D eigenvalue weighted by Gasteiger charge is -2.52. The zero-order valence-corrected chi connectivity index (χ0v) is 11.7. The van der Waals surface area contributed by atoms with Crippen LogP contribution < -0.4 is 0 Å². The van der Waals surface area contributed by atoms with Gasteiger partial charge in [-0.15, -0.1) is 0 Å². The highest BCUT2D eigenvalue weighted by Crippen LogP contribution is 2.53. The van der Waals surface area contributed by atoms with E-state index in [9.17, 15) is 4.79 Å². The number of carbonyl (C=O) groups excluding carboxylic acids is 1. The van der Waals surface area contributed by atoms with Gasteiger partial charge in [0.05, 0.1) is 0 Å². The van der Waals surface area contributed by atoms with Crippen LogP contribution in [0.1, 0.15) is 52.9 Å². The standard InChI is InChI=1S/C13H21NO.C2H6/c1-3-11-9-13(10-11)5-7-14(8-6-13)12(15)4-2;1-2/h4,11H,2-3,5-10H2,1H3;1-2H3. The zero-order valence-electron chi connectivity index (χ0n) is 11.7. The number of hydrogen-bond donors (Lipinski definition) is 0. The van der Waals surface area contributed by atoms with E-state index in [4.69, 9.17) is 0 Å². The molecule has 0 bridgehead atoms. The molecule has 0 aromatic carbocycles. The van der Waals surface area contributed by atoms with Crippen LogP contribution >= 0.6 is 0 Å². The zero-order chi connectivity index (χ0) is 12.9. The van der Waals surface area contributed by atoms with E-state index >= 15 is 0 Å². The molecule has 1 heterocycles. The molecule has 0 atom stereocenters. The van der Waals surface area contributed by atoms with Gasteiger partial charge in [0, 0.05) is 13.1 Å². The third-order valence-electron chi connectivity index (χ3n) is 4.33. The number of piperidine rings is 1. The van der Waals surface area contributed by atoms with Crippen molar-refractivity contribution in [3.8, 4) is 0 Å². The van der Waals surface area contributed by atoms with Crippen LogP contribution in [0, 0.1) is 11.3 Å². The molecule has 1 aliphatic heterocycles. The van der Waals surface area contributed by atoms with Crippen molar-refractivity contribution in [3.63, 3.8) is 0 Å². The van der Waals surface area contributed by atoms with Crippen LogP contribution in [0.2, 0.25) is 0 Å². The van der Waals surface area contributed by atoms with E-state index in [1.54, 1.807) is 0 Å². The lowest BCUT2D eigenvalue weighted by atomic mass is 9.57. The van der Waals surface area contributed by atoms with Crippen molar-refractivity contribution >= 4 is 5.91 Å². The van der Waals surface area contributed by atoms with E-state index in [1.165, 1.54) is 38.2 Å². The molecule has 1 aliphatic carbocycles. The van der Waals surface area contributed by atoms with Gasteiger partial charge in [0.1, 0.15) is 0 Å². The Morgan fingerprint density at radius 3 is 2.29 bits per heavy atom. The average molecular weight is 237 g/mol. The molecule has 1 saturated heterocycles. The van der Waals surface area contributed by atoms with Crippen molar-refractivity contribution < 1.29 is 4.79 Å². The van der Waals surface area contributed by atoms with Crippen LogP contribution in [-0.2, 0) is 4.79 Å². The van der Waals surface area contributed by atoms with Crippen LogP contribution in [0.3, 0.4) is 0 Å². The monoisotopic (exact) mass is 237 g/mol. The van der Waals surface area contributed by atoms with Gasteiger partial charge in [-0.05, 0) is 43.1 Å². The lowest BCUT2D eigenvalue weighted by Crippen LogP contribution is -2.48. The highest BCUT2D eigenvalue weighted by molar-refractivity contribution is 5.87. The summed E-state index contributed by atoms with van der Waals surface area (Å²) in [5.74, 6) is 1.07. The van der Waals surface area contributed by atoms with Crippen LogP contribution in [0.5, 0.6) is 0 Å². The summed E-state index contributed by atoms with van der Waals surface area (Å²) in [6, 6.07) is 0. The molecule has 17 heavy (non-hydrogen) atoms. The first-order valence-electron chi connectivity index (χ1n) is 7.10. The summed E-state index contributed by atoms with van der Waals surface area (Å²) in [7, 11) is 0. The Morgan fingerprint density at radius 2 is 1.88 bits per heavy atom. The van der Waals surface area contributed by atoms with E-state index < -0.39 is 0 Å². The molecule has 0 unspecified atom stereocenters. The Balaban J connectivity index is 0.000000686. The molecule has 2 rings (SSSR count). The van der Waals surface area contributed by atoms with Gasteiger partial charge < -0.3 is 4.90 Å². The van der Waals surface area contributed by atoms with E-state index in [-0.39, 0.29) is 5.91 Å². The molecule has 0 aromatic heterocycles. The van der Waals surface area contributed by atoms with Gasteiger partial charge in [0.25, 0.3) is 0 Å². The molecule has 0 N–H and O–H groups in total. The van der Waals surface area contributed by atoms with Crippen molar-refractivity contribution in [3.05, 3.63) is 12.7 Å². The summed E-state index contributed by atoms with van der Waals surface area (Å²) < 4.78 is 0. The predicted octanol–water partition coefficient (Wildman–Crippen LogP) is 3.63. The van der Waals surface area contributed by atoms with Crippen molar-refractivity contribution in [2.75, 3.05) is 13.1 Å². The van der Waals surface area contributed by atoms with E-state index in [0.29, 0.717) is 5.41 Å². The topological polar surface area (TPSA) is 20.3 Å². The first-order valence-corrected chi connectivity index (χ1v) is 7.10. The van der Waals surface area contributed by atoms with E-state index in [2.05, 4.69) is 13.5 Å². The third kappa shape index (κ3) is 3.11. The van der Waals surface area contributed by atoms with Crippen molar-refractivity contribution in [2.45, 2.75) is 52.9 Å². The number of likely N-dealkylation sites (tertiary alicyclic amines) is 1. The smallest absolute Gasteiger partial charge is 0.245 e. The molecule has 0 radical (unpaired) electrons. The minimum absolute atomic E-state index is 0.108. The van der Waals surface area contributed by atoms with Gasteiger partial charge in [0.2, 0.25) is 5.91 Å². The molecular weight excluding hydrogens is 210 g/mol. The van der Waals surface area contributed by atoms with Gasteiger partial charge in [0.15, 0.2) is 0 Å². The van der Waals surface area contributed by atoms with Crippen LogP contribution in [0.4, 0.5) is 0 Å². The fraction of sp³-hybridized carbons (Fsp3) is 0.800. The number of nitrogens with zero attached hydrogens (tertiary/aromatic N) is 1. The fourth-order valence-corrected chi connectivity index (χ4v) is 3.19. The predicted molar refractivity (Wildman–Crippen MR) is 72.8 cm³/mol. The summed E-state index contributed by atoms with van der Waals surface area (Å²) in [6.07, 6.45) is 8.00. The van der Waals surface area contributed by atoms with Gasteiger partial charge in [-0.1, -0.05) is 33.8 Å². The fourth-order valence-electron chi connectivity index (χ4n) is 3.19. The summed E-state index contributed by atoms with van der Waals surface area (Å²) >= 11 is 0. The van der Waals surface area contributed by atoms with Crippen LogP contribution in [0.25, 0.3) is 0 Å². The molecule has 2 heteroatoms. The second kappa shape index (κ2) is 6.23. The molecule has 2 nitrogen and oxygen atoms in total. The first-order chi connectivity index (χ1) is 8.19.